The number of methoxy groups -OCH3 is 1. The van der Waals surface area contributed by atoms with Crippen LogP contribution in [0.4, 0.5) is 17.3 Å². The number of carbonyl (C=O) groups is 1. The fourth-order valence-corrected chi connectivity index (χ4v) is 5.29. The molecule has 1 saturated heterocycles. The number of morpholine rings is 1. The zero-order valence-electron chi connectivity index (χ0n) is 20.9. The van der Waals surface area contributed by atoms with Crippen molar-refractivity contribution >= 4 is 23.2 Å². The Labute approximate surface area is 205 Å². The second-order valence-electron chi connectivity index (χ2n) is 9.28. The molecule has 2 N–H and O–H groups in total. The molecule has 0 aliphatic carbocycles. The van der Waals surface area contributed by atoms with Crippen molar-refractivity contribution in [3.63, 3.8) is 0 Å². The highest BCUT2D eigenvalue weighted by Crippen LogP contribution is 2.35. The van der Waals surface area contributed by atoms with Crippen molar-refractivity contribution in [3.05, 3.63) is 47.4 Å². The van der Waals surface area contributed by atoms with E-state index in [0.29, 0.717) is 18.2 Å². The van der Waals surface area contributed by atoms with E-state index in [1.54, 1.807) is 13.3 Å². The highest BCUT2D eigenvalue weighted by Gasteiger charge is 2.27. The molecule has 2 aromatic heterocycles. The molecule has 1 fully saturated rings. The number of fused-ring (bicyclic) bond motifs is 1. The van der Waals surface area contributed by atoms with Gasteiger partial charge < -0.3 is 29.6 Å². The lowest BCUT2D eigenvalue weighted by Crippen LogP contribution is -2.45. The van der Waals surface area contributed by atoms with E-state index in [4.69, 9.17) is 14.5 Å². The average molecular weight is 477 g/mol. The van der Waals surface area contributed by atoms with Crippen LogP contribution >= 0.6 is 0 Å². The second kappa shape index (κ2) is 9.22. The number of hydrogen-bond donors (Lipinski definition) is 2. The Hall–Kier alpha value is -3.59. The molecule has 0 bridgehead atoms. The Morgan fingerprint density at radius 1 is 1.17 bits per heavy atom. The van der Waals surface area contributed by atoms with E-state index in [9.17, 15) is 4.79 Å². The molecule has 0 saturated carbocycles. The summed E-state index contributed by atoms with van der Waals surface area (Å²) in [6.45, 7) is 11.2. The number of carbonyl (C=O) groups excluding carboxylic acids is 1. The SMILES string of the molecule is COc1cc(Nc2nccc(-c3c(C)c4n(c3C)CCNC4=O)n2)ccc1N1C[C@@H](C)O[C@@H](C)C1. The highest BCUT2D eigenvalue weighted by atomic mass is 16.5. The van der Waals surface area contributed by atoms with Crippen LogP contribution in [-0.2, 0) is 11.3 Å². The number of anilines is 3. The van der Waals surface area contributed by atoms with Crippen LogP contribution in [0.15, 0.2) is 30.5 Å². The fourth-order valence-electron chi connectivity index (χ4n) is 5.29. The Morgan fingerprint density at radius 2 is 1.94 bits per heavy atom. The van der Waals surface area contributed by atoms with Crippen LogP contribution in [0.1, 0.15) is 35.6 Å². The molecule has 1 aromatic carbocycles. The maximum atomic E-state index is 12.5. The number of aromatic nitrogens is 3. The number of rotatable bonds is 5. The summed E-state index contributed by atoms with van der Waals surface area (Å²) in [5.74, 6) is 1.23. The lowest BCUT2D eigenvalue weighted by molar-refractivity contribution is -0.00532. The zero-order chi connectivity index (χ0) is 24.7. The van der Waals surface area contributed by atoms with Gasteiger partial charge in [0, 0.05) is 55.4 Å². The van der Waals surface area contributed by atoms with Crippen LogP contribution < -0.4 is 20.3 Å². The van der Waals surface area contributed by atoms with Crippen molar-refractivity contribution in [2.24, 2.45) is 0 Å². The predicted octanol–water partition coefficient (Wildman–Crippen LogP) is 3.67. The largest absolute Gasteiger partial charge is 0.495 e. The van der Waals surface area contributed by atoms with Gasteiger partial charge in [0.25, 0.3) is 5.91 Å². The summed E-state index contributed by atoms with van der Waals surface area (Å²) in [7, 11) is 1.68. The third kappa shape index (κ3) is 4.32. The molecule has 5 rings (SSSR count). The van der Waals surface area contributed by atoms with Gasteiger partial charge >= 0.3 is 0 Å². The zero-order valence-corrected chi connectivity index (χ0v) is 20.9. The number of nitrogens with one attached hydrogen (secondary N) is 2. The van der Waals surface area contributed by atoms with Crippen LogP contribution in [0.25, 0.3) is 11.3 Å². The predicted molar refractivity (Wildman–Crippen MR) is 136 cm³/mol. The molecule has 184 valence electrons. The van der Waals surface area contributed by atoms with Gasteiger partial charge in [0.2, 0.25) is 5.95 Å². The fraction of sp³-hybridized carbons (Fsp3) is 0.423. The van der Waals surface area contributed by atoms with E-state index in [0.717, 1.165) is 59.3 Å². The molecule has 9 heteroatoms. The van der Waals surface area contributed by atoms with Crippen LogP contribution in [-0.4, -0.2) is 59.4 Å². The van der Waals surface area contributed by atoms with Crippen molar-refractivity contribution in [1.82, 2.24) is 19.9 Å². The van der Waals surface area contributed by atoms with Gasteiger partial charge in [-0.25, -0.2) is 9.97 Å². The summed E-state index contributed by atoms with van der Waals surface area (Å²) in [6.07, 6.45) is 2.06. The van der Waals surface area contributed by atoms with Gasteiger partial charge in [-0.05, 0) is 51.5 Å². The Balaban J connectivity index is 1.42. The standard InChI is InChI=1S/C26H32N6O3/c1-15-13-31(14-16(2)35-15)21-7-6-19(12-22(21)34-5)29-26-28-9-8-20(30-26)23-17(3)24-25(33)27-10-11-32(24)18(23)4/h6-9,12,15-16H,10-11,13-14H2,1-5H3,(H,27,33)(H,28,29,30)/t15-,16+. The first-order chi connectivity index (χ1) is 16.9. The van der Waals surface area contributed by atoms with Gasteiger partial charge in [-0.15, -0.1) is 0 Å². The number of ether oxygens (including phenoxy) is 2. The number of nitrogens with zero attached hydrogens (tertiary/aromatic N) is 4. The van der Waals surface area contributed by atoms with Gasteiger partial charge in [-0.3, -0.25) is 4.79 Å². The van der Waals surface area contributed by atoms with E-state index in [1.165, 1.54) is 0 Å². The minimum atomic E-state index is -0.0354. The molecule has 2 aliphatic heterocycles. The van der Waals surface area contributed by atoms with E-state index < -0.39 is 0 Å². The summed E-state index contributed by atoms with van der Waals surface area (Å²) in [5, 5.41) is 6.25. The second-order valence-corrected chi connectivity index (χ2v) is 9.28. The molecule has 0 spiro atoms. The maximum absolute atomic E-state index is 12.5. The molecule has 9 nitrogen and oxygen atoms in total. The van der Waals surface area contributed by atoms with Gasteiger partial charge in [-0.1, -0.05) is 0 Å². The monoisotopic (exact) mass is 476 g/mol. The Bertz CT molecular complexity index is 1260. The lowest BCUT2D eigenvalue weighted by Gasteiger charge is -2.37. The lowest BCUT2D eigenvalue weighted by atomic mass is 10.1. The first-order valence-electron chi connectivity index (χ1n) is 12.0. The average Bonchev–Trinajstić information content (AvgIpc) is 3.09. The van der Waals surface area contributed by atoms with E-state index >= 15 is 0 Å². The first-order valence-corrected chi connectivity index (χ1v) is 12.0. The van der Waals surface area contributed by atoms with Crippen molar-refractivity contribution < 1.29 is 14.3 Å². The number of amides is 1. The van der Waals surface area contributed by atoms with Crippen LogP contribution in [0.5, 0.6) is 5.75 Å². The van der Waals surface area contributed by atoms with E-state index in [1.807, 2.05) is 32.0 Å². The Morgan fingerprint density at radius 3 is 2.66 bits per heavy atom. The van der Waals surface area contributed by atoms with E-state index in [2.05, 4.69) is 45.0 Å². The summed E-state index contributed by atoms with van der Waals surface area (Å²) in [4.78, 5) is 24.0. The molecule has 2 atom stereocenters. The number of benzene rings is 1. The molecular weight excluding hydrogens is 444 g/mol. The molecule has 4 heterocycles. The number of hydrogen-bond acceptors (Lipinski definition) is 7. The third-order valence-electron chi connectivity index (χ3n) is 6.71. The Kier molecular flexibility index (Phi) is 6.10. The third-order valence-corrected chi connectivity index (χ3v) is 6.71. The minimum absolute atomic E-state index is 0.0354. The molecule has 0 radical (unpaired) electrons. The molecule has 1 amide bonds. The summed E-state index contributed by atoms with van der Waals surface area (Å²) < 4.78 is 13.7. The van der Waals surface area contributed by atoms with Gasteiger partial charge in [-0.2, -0.15) is 0 Å². The van der Waals surface area contributed by atoms with Gasteiger partial charge in [0.1, 0.15) is 11.4 Å². The minimum Gasteiger partial charge on any atom is -0.495 e. The molecule has 3 aromatic rings. The topological polar surface area (TPSA) is 93.5 Å². The van der Waals surface area contributed by atoms with Crippen molar-refractivity contribution in [3.8, 4) is 17.0 Å². The summed E-state index contributed by atoms with van der Waals surface area (Å²) >= 11 is 0. The molecule has 2 aliphatic rings. The normalized spacial score (nSPS) is 19.8. The highest BCUT2D eigenvalue weighted by molar-refractivity contribution is 5.97. The van der Waals surface area contributed by atoms with Crippen LogP contribution in [0, 0.1) is 13.8 Å². The molecule has 0 unspecified atom stereocenters. The maximum Gasteiger partial charge on any atom is 0.268 e. The first kappa shape index (κ1) is 23.2. The van der Waals surface area contributed by atoms with Crippen LogP contribution in [0.3, 0.4) is 0 Å². The van der Waals surface area contributed by atoms with Crippen LogP contribution in [0.2, 0.25) is 0 Å². The van der Waals surface area contributed by atoms with E-state index in [-0.39, 0.29) is 18.1 Å². The van der Waals surface area contributed by atoms with Gasteiger partial charge in [0.15, 0.2) is 0 Å². The van der Waals surface area contributed by atoms with Crippen molar-refractivity contribution in [2.75, 3.05) is 37.0 Å². The molecule has 35 heavy (non-hydrogen) atoms. The quantitative estimate of drug-likeness (QED) is 0.580. The van der Waals surface area contributed by atoms with Gasteiger partial charge in [0.05, 0.1) is 30.7 Å². The smallest absolute Gasteiger partial charge is 0.268 e. The summed E-state index contributed by atoms with van der Waals surface area (Å²) in [6, 6.07) is 7.92. The van der Waals surface area contributed by atoms with Crippen molar-refractivity contribution in [2.45, 2.75) is 46.4 Å². The van der Waals surface area contributed by atoms with Crippen molar-refractivity contribution in [1.29, 1.82) is 0 Å². The summed E-state index contributed by atoms with van der Waals surface area (Å²) in [5.41, 5.74) is 6.32. The molecular formula is C26H32N6O3.